The van der Waals surface area contributed by atoms with Gasteiger partial charge in [0.25, 0.3) is 0 Å². The van der Waals surface area contributed by atoms with Gasteiger partial charge < -0.3 is 10.2 Å². The molecular formula is C14H24N4S. The summed E-state index contributed by atoms with van der Waals surface area (Å²) in [5.74, 6) is 5.44. The van der Waals surface area contributed by atoms with Crippen molar-refractivity contribution < 1.29 is 0 Å². The van der Waals surface area contributed by atoms with Gasteiger partial charge in [-0.1, -0.05) is 6.92 Å². The first-order valence-corrected chi connectivity index (χ1v) is 8.29. The molecule has 2 rings (SSSR count). The monoisotopic (exact) mass is 280 g/mol. The van der Waals surface area contributed by atoms with E-state index >= 15 is 0 Å². The molecule has 0 spiro atoms. The summed E-state index contributed by atoms with van der Waals surface area (Å²) in [6.07, 6.45) is 2.35. The molecule has 0 saturated carbocycles. The number of hydrogen-bond donors (Lipinski definition) is 1. The summed E-state index contributed by atoms with van der Waals surface area (Å²) < 4.78 is 0. The maximum Gasteiger partial charge on any atom is 0.137 e. The highest BCUT2D eigenvalue weighted by molar-refractivity contribution is 7.99. The standard InChI is InChI=1S/C14H24N4S/c1-4-6-15-13-11(2)14(17-12(3)16-13)18-7-5-9-19-10-8-18/h4-10H2,1-3H3,(H,15,16,17). The fraction of sp³-hybridized carbons (Fsp3) is 0.714. The predicted octanol–water partition coefficient (Wildman–Crippen LogP) is 2.86. The van der Waals surface area contributed by atoms with Crippen LogP contribution in [0.2, 0.25) is 0 Å². The van der Waals surface area contributed by atoms with Crippen LogP contribution >= 0.6 is 11.8 Å². The molecule has 0 unspecified atom stereocenters. The summed E-state index contributed by atoms with van der Waals surface area (Å²) in [6.45, 7) is 9.44. The fourth-order valence-corrected chi connectivity index (χ4v) is 3.18. The van der Waals surface area contributed by atoms with Gasteiger partial charge >= 0.3 is 0 Å². The van der Waals surface area contributed by atoms with Crippen LogP contribution in [0, 0.1) is 13.8 Å². The van der Waals surface area contributed by atoms with Crippen molar-refractivity contribution >= 4 is 23.4 Å². The summed E-state index contributed by atoms with van der Waals surface area (Å²) in [5.41, 5.74) is 1.19. The number of thioether (sulfide) groups is 1. The minimum Gasteiger partial charge on any atom is -0.370 e. The van der Waals surface area contributed by atoms with Crippen molar-refractivity contribution in [1.29, 1.82) is 0 Å². The van der Waals surface area contributed by atoms with E-state index < -0.39 is 0 Å². The molecule has 19 heavy (non-hydrogen) atoms. The molecule has 4 nitrogen and oxygen atoms in total. The molecule has 1 aromatic rings. The SMILES string of the molecule is CCCNc1nc(C)nc(N2CCCSCC2)c1C. The molecule has 1 saturated heterocycles. The third-order valence-electron chi connectivity index (χ3n) is 3.30. The second-order valence-electron chi connectivity index (χ2n) is 4.95. The van der Waals surface area contributed by atoms with Crippen LogP contribution in [0.25, 0.3) is 0 Å². The Morgan fingerprint density at radius 1 is 1.21 bits per heavy atom. The van der Waals surface area contributed by atoms with E-state index in [-0.39, 0.29) is 0 Å². The number of hydrogen-bond acceptors (Lipinski definition) is 5. The molecule has 106 valence electrons. The molecule has 0 aliphatic carbocycles. The van der Waals surface area contributed by atoms with Crippen molar-refractivity contribution in [2.24, 2.45) is 0 Å². The van der Waals surface area contributed by atoms with Gasteiger partial charge in [0.2, 0.25) is 0 Å². The largest absolute Gasteiger partial charge is 0.370 e. The lowest BCUT2D eigenvalue weighted by atomic mass is 10.2. The molecule has 0 radical (unpaired) electrons. The van der Waals surface area contributed by atoms with E-state index in [2.05, 4.69) is 34.0 Å². The van der Waals surface area contributed by atoms with E-state index in [1.807, 2.05) is 18.7 Å². The number of anilines is 2. The first kappa shape index (κ1) is 14.4. The summed E-state index contributed by atoms with van der Waals surface area (Å²) in [6, 6.07) is 0. The smallest absolute Gasteiger partial charge is 0.137 e. The number of nitrogens with one attached hydrogen (secondary N) is 1. The maximum atomic E-state index is 4.67. The summed E-state index contributed by atoms with van der Waals surface area (Å²) in [5, 5.41) is 3.42. The number of nitrogens with zero attached hydrogens (tertiary/aromatic N) is 3. The molecule has 5 heteroatoms. The second kappa shape index (κ2) is 6.98. The van der Waals surface area contributed by atoms with Crippen LogP contribution in [0.3, 0.4) is 0 Å². The second-order valence-corrected chi connectivity index (χ2v) is 6.17. The number of aryl methyl sites for hydroxylation is 1. The summed E-state index contributed by atoms with van der Waals surface area (Å²) in [7, 11) is 0. The molecule has 0 atom stereocenters. The van der Waals surface area contributed by atoms with Crippen LogP contribution in [0.4, 0.5) is 11.6 Å². The van der Waals surface area contributed by atoms with E-state index in [1.165, 1.54) is 23.5 Å². The van der Waals surface area contributed by atoms with Crippen molar-refractivity contribution in [2.75, 3.05) is 41.4 Å². The highest BCUT2D eigenvalue weighted by Crippen LogP contribution is 2.25. The van der Waals surface area contributed by atoms with Gasteiger partial charge in [-0.25, -0.2) is 9.97 Å². The van der Waals surface area contributed by atoms with Gasteiger partial charge in [-0.05, 0) is 32.4 Å². The molecule has 1 aliphatic heterocycles. The maximum absolute atomic E-state index is 4.67. The van der Waals surface area contributed by atoms with Crippen LogP contribution in [0.15, 0.2) is 0 Å². The predicted molar refractivity (Wildman–Crippen MR) is 84.4 cm³/mol. The molecular weight excluding hydrogens is 256 g/mol. The van der Waals surface area contributed by atoms with Gasteiger partial charge in [0, 0.05) is 31.0 Å². The lowest BCUT2D eigenvalue weighted by molar-refractivity contribution is 0.788. The van der Waals surface area contributed by atoms with E-state index in [1.54, 1.807) is 0 Å². The Balaban J connectivity index is 2.25. The molecule has 1 N–H and O–H groups in total. The van der Waals surface area contributed by atoms with Crippen molar-refractivity contribution in [2.45, 2.75) is 33.6 Å². The quantitative estimate of drug-likeness (QED) is 0.918. The lowest BCUT2D eigenvalue weighted by Crippen LogP contribution is -2.28. The average molecular weight is 280 g/mol. The van der Waals surface area contributed by atoms with Crippen LogP contribution in [0.5, 0.6) is 0 Å². The zero-order valence-electron chi connectivity index (χ0n) is 12.2. The van der Waals surface area contributed by atoms with Gasteiger partial charge in [0.15, 0.2) is 0 Å². The third kappa shape index (κ3) is 3.75. The van der Waals surface area contributed by atoms with Crippen LogP contribution in [0.1, 0.15) is 31.2 Å². The zero-order chi connectivity index (χ0) is 13.7. The molecule has 1 fully saturated rings. The molecule has 0 aromatic carbocycles. The zero-order valence-corrected chi connectivity index (χ0v) is 13.0. The Morgan fingerprint density at radius 3 is 2.84 bits per heavy atom. The Morgan fingerprint density at radius 2 is 2.05 bits per heavy atom. The van der Waals surface area contributed by atoms with Gasteiger partial charge in [-0.2, -0.15) is 11.8 Å². The van der Waals surface area contributed by atoms with Gasteiger partial charge in [0.1, 0.15) is 17.5 Å². The van der Waals surface area contributed by atoms with Gasteiger partial charge in [-0.3, -0.25) is 0 Å². The topological polar surface area (TPSA) is 41.1 Å². The van der Waals surface area contributed by atoms with Gasteiger partial charge in [-0.15, -0.1) is 0 Å². The van der Waals surface area contributed by atoms with E-state index in [4.69, 9.17) is 0 Å². The van der Waals surface area contributed by atoms with Crippen molar-refractivity contribution in [1.82, 2.24) is 9.97 Å². The van der Waals surface area contributed by atoms with Gasteiger partial charge in [0.05, 0.1) is 0 Å². The Kier molecular flexibility index (Phi) is 5.31. The molecule has 0 amide bonds. The summed E-state index contributed by atoms with van der Waals surface area (Å²) in [4.78, 5) is 11.6. The van der Waals surface area contributed by atoms with Crippen molar-refractivity contribution in [3.63, 3.8) is 0 Å². The molecule has 0 bridgehead atoms. The highest BCUT2D eigenvalue weighted by Gasteiger charge is 2.17. The Hall–Kier alpha value is -0.970. The van der Waals surface area contributed by atoms with Crippen LogP contribution in [-0.4, -0.2) is 41.1 Å². The van der Waals surface area contributed by atoms with Crippen LogP contribution in [-0.2, 0) is 0 Å². The minimum atomic E-state index is 0.858. The Labute approximate surface area is 120 Å². The normalized spacial score (nSPS) is 16.3. The molecule has 1 aromatic heterocycles. The summed E-state index contributed by atoms with van der Waals surface area (Å²) >= 11 is 2.04. The highest BCUT2D eigenvalue weighted by atomic mass is 32.2. The molecule has 1 aliphatic rings. The van der Waals surface area contributed by atoms with Crippen LogP contribution < -0.4 is 10.2 Å². The molecule has 2 heterocycles. The first-order chi connectivity index (χ1) is 9.22. The first-order valence-electron chi connectivity index (χ1n) is 7.14. The number of rotatable bonds is 4. The third-order valence-corrected chi connectivity index (χ3v) is 4.34. The van der Waals surface area contributed by atoms with Crippen molar-refractivity contribution in [3.8, 4) is 0 Å². The van der Waals surface area contributed by atoms with E-state index in [9.17, 15) is 0 Å². The number of aromatic nitrogens is 2. The Bertz CT molecular complexity index is 414. The minimum absolute atomic E-state index is 0.858. The lowest BCUT2D eigenvalue weighted by Gasteiger charge is -2.24. The van der Waals surface area contributed by atoms with E-state index in [0.717, 1.165) is 43.5 Å². The average Bonchev–Trinajstić information content (AvgIpc) is 2.68. The van der Waals surface area contributed by atoms with Crippen molar-refractivity contribution in [3.05, 3.63) is 11.4 Å². The van der Waals surface area contributed by atoms with E-state index in [0.29, 0.717) is 0 Å². The fourth-order valence-electron chi connectivity index (χ4n) is 2.29.